The molecule has 1 aliphatic rings. The minimum atomic E-state index is -3.21. The Kier molecular flexibility index (Phi) is 5.04. The number of rotatable bonds is 5. The largest absolute Gasteiger partial charge is 0.395 e. The van der Waals surface area contributed by atoms with E-state index in [4.69, 9.17) is 16.7 Å². The highest BCUT2D eigenvalue weighted by Crippen LogP contribution is 2.21. The van der Waals surface area contributed by atoms with E-state index in [0.717, 1.165) is 5.56 Å². The lowest BCUT2D eigenvalue weighted by molar-refractivity contribution is 0.0655. The maximum Gasteiger partial charge on any atom is 0.154 e. The molecule has 1 aliphatic heterocycles. The summed E-state index contributed by atoms with van der Waals surface area (Å²) in [6, 6.07) is 6.77. The third kappa shape index (κ3) is 3.93. The molecule has 0 spiro atoms. The van der Waals surface area contributed by atoms with Crippen LogP contribution in [0.25, 0.3) is 0 Å². The van der Waals surface area contributed by atoms with Crippen LogP contribution in [0.2, 0.25) is 5.02 Å². The molecular weight excluding hydrogens is 302 g/mol. The van der Waals surface area contributed by atoms with Gasteiger partial charge >= 0.3 is 0 Å². The van der Waals surface area contributed by atoms with E-state index in [1.165, 1.54) is 0 Å². The molecule has 5 nitrogen and oxygen atoms in total. The Morgan fingerprint density at radius 1 is 1.35 bits per heavy atom. The smallest absolute Gasteiger partial charge is 0.154 e. The first-order valence-electron chi connectivity index (χ1n) is 6.39. The summed E-state index contributed by atoms with van der Waals surface area (Å²) in [5.74, 6) is -0.288. The standard InChI is InChI=1S/C13H18ClNO4S/c14-11-3-1-2-10(6-11)7-15(4-5-16)12-8-20(18,19)9-13(12)17/h1-3,6,12-13,16-17H,4-5,7-9H2/t12-,13+/m0/s1. The second kappa shape index (κ2) is 6.41. The molecule has 2 atom stereocenters. The number of hydrogen-bond acceptors (Lipinski definition) is 5. The molecular formula is C13H18ClNO4S. The minimum Gasteiger partial charge on any atom is -0.395 e. The minimum absolute atomic E-state index is 0.0747. The topological polar surface area (TPSA) is 77.8 Å². The molecule has 0 saturated carbocycles. The van der Waals surface area contributed by atoms with Crippen molar-refractivity contribution in [1.29, 1.82) is 0 Å². The number of aliphatic hydroxyl groups is 2. The molecule has 7 heteroatoms. The molecule has 2 N–H and O–H groups in total. The van der Waals surface area contributed by atoms with Crippen LogP contribution in [0.3, 0.4) is 0 Å². The van der Waals surface area contributed by atoms with Gasteiger partial charge in [0.05, 0.1) is 30.3 Å². The predicted molar refractivity (Wildman–Crippen MR) is 77.4 cm³/mol. The normalized spacial score (nSPS) is 25.2. The van der Waals surface area contributed by atoms with Crippen LogP contribution >= 0.6 is 11.6 Å². The van der Waals surface area contributed by atoms with Crippen LogP contribution in [-0.4, -0.2) is 60.3 Å². The van der Waals surface area contributed by atoms with Gasteiger partial charge in [0.25, 0.3) is 0 Å². The Labute approximate surface area is 123 Å². The Balaban J connectivity index is 2.15. The lowest BCUT2D eigenvalue weighted by Gasteiger charge is -2.29. The molecule has 0 amide bonds. The number of aliphatic hydroxyl groups excluding tert-OH is 2. The Morgan fingerprint density at radius 2 is 2.10 bits per heavy atom. The van der Waals surface area contributed by atoms with Gasteiger partial charge in [0.15, 0.2) is 9.84 Å². The molecule has 2 rings (SSSR count). The lowest BCUT2D eigenvalue weighted by Crippen LogP contribution is -2.44. The van der Waals surface area contributed by atoms with E-state index in [9.17, 15) is 13.5 Å². The number of halogens is 1. The van der Waals surface area contributed by atoms with Gasteiger partial charge < -0.3 is 10.2 Å². The van der Waals surface area contributed by atoms with E-state index < -0.39 is 22.0 Å². The fourth-order valence-corrected chi connectivity index (χ4v) is 4.56. The molecule has 1 fully saturated rings. The summed E-state index contributed by atoms with van der Waals surface area (Å²) in [6.45, 7) is 0.659. The van der Waals surface area contributed by atoms with Gasteiger partial charge in [0.2, 0.25) is 0 Å². The third-order valence-corrected chi connectivity index (χ3v) is 5.36. The number of benzene rings is 1. The van der Waals surface area contributed by atoms with Crippen molar-refractivity contribution in [3.8, 4) is 0 Å². The molecule has 1 heterocycles. The Morgan fingerprint density at radius 3 is 2.65 bits per heavy atom. The summed E-state index contributed by atoms with van der Waals surface area (Å²) in [6.07, 6.45) is -0.911. The van der Waals surface area contributed by atoms with E-state index in [-0.39, 0.29) is 18.1 Å². The summed E-state index contributed by atoms with van der Waals surface area (Å²) in [5, 5.41) is 19.7. The molecule has 1 aromatic carbocycles. The first-order valence-corrected chi connectivity index (χ1v) is 8.59. The molecule has 0 aromatic heterocycles. The molecule has 1 saturated heterocycles. The quantitative estimate of drug-likeness (QED) is 0.816. The maximum absolute atomic E-state index is 11.6. The zero-order chi connectivity index (χ0) is 14.8. The molecule has 0 unspecified atom stereocenters. The van der Waals surface area contributed by atoms with Crippen molar-refractivity contribution >= 4 is 21.4 Å². The first-order chi connectivity index (χ1) is 9.41. The molecule has 0 aliphatic carbocycles. The molecule has 0 bridgehead atoms. The maximum atomic E-state index is 11.6. The van der Waals surface area contributed by atoms with Crippen LogP contribution in [0, 0.1) is 0 Å². The lowest BCUT2D eigenvalue weighted by atomic mass is 10.1. The van der Waals surface area contributed by atoms with Gasteiger partial charge in [-0.05, 0) is 17.7 Å². The highest BCUT2D eigenvalue weighted by Gasteiger charge is 2.39. The second-order valence-electron chi connectivity index (χ2n) is 5.04. The van der Waals surface area contributed by atoms with Crippen molar-refractivity contribution in [1.82, 2.24) is 4.90 Å². The summed E-state index contributed by atoms with van der Waals surface area (Å²) in [4.78, 5) is 1.79. The van der Waals surface area contributed by atoms with Crippen LogP contribution in [0.1, 0.15) is 5.56 Å². The van der Waals surface area contributed by atoms with Gasteiger partial charge in [0, 0.05) is 18.1 Å². The zero-order valence-electron chi connectivity index (χ0n) is 10.9. The van der Waals surface area contributed by atoms with Crippen molar-refractivity contribution in [2.45, 2.75) is 18.7 Å². The third-order valence-electron chi connectivity index (χ3n) is 3.42. The van der Waals surface area contributed by atoms with Crippen LogP contribution in [0.15, 0.2) is 24.3 Å². The summed E-state index contributed by atoms with van der Waals surface area (Å²) in [7, 11) is -3.21. The van der Waals surface area contributed by atoms with E-state index >= 15 is 0 Å². The SMILES string of the molecule is O=S1(=O)C[C@@H](O)[C@@H](N(CCO)Cc2cccc(Cl)c2)C1. The fourth-order valence-electron chi connectivity index (χ4n) is 2.52. The zero-order valence-corrected chi connectivity index (χ0v) is 12.5. The number of sulfone groups is 1. The van der Waals surface area contributed by atoms with Gasteiger partial charge in [-0.25, -0.2) is 8.42 Å². The predicted octanol–water partition coefficient (Wildman–Crippen LogP) is 0.292. The average Bonchev–Trinajstić information content (AvgIpc) is 2.62. The highest BCUT2D eigenvalue weighted by atomic mass is 35.5. The van der Waals surface area contributed by atoms with Gasteiger partial charge in [-0.1, -0.05) is 23.7 Å². The second-order valence-corrected chi connectivity index (χ2v) is 7.63. The van der Waals surface area contributed by atoms with Crippen molar-refractivity contribution < 1.29 is 18.6 Å². The summed E-state index contributed by atoms with van der Waals surface area (Å²) >= 11 is 5.93. The summed E-state index contributed by atoms with van der Waals surface area (Å²) < 4.78 is 23.2. The van der Waals surface area contributed by atoms with Crippen LogP contribution < -0.4 is 0 Å². The van der Waals surface area contributed by atoms with Crippen molar-refractivity contribution in [3.05, 3.63) is 34.9 Å². The molecule has 0 radical (unpaired) electrons. The first kappa shape index (κ1) is 15.7. The monoisotopic (exact) mass is 319 g/mol. The van der Waals surface area contributed by atoms with Crippen molar-refractivity contribution in [2.24, 2.45) is 0 Å². The van der Waals surface area contributed by atoms with Crippen molar-refractivity contribution in [3.63, 3.8) is 0 Å². The summed E-state index contributed by atoms with van der Waals surface area (Å²) in [5.41, 5.74) is 0.919. The van der Waals surface area contributed by atoms with Crippen molar-refractivity contribution in [2.75, 3.05) is 24.7 Å². The molecule has 1 aromatic rings. The Hall–Kier alpha value is -0.660. The van der Waals surface area contributed by atoms with Gasteiger partial charge in [0.1, 0.15) is 0 Å². The molecule has 20 heavy (non-hydrogen) atoms. The van der Waals surface area contributed by atoms with E-state index in [0.29, 0.717) is 18.1 Å². The van der Waals surface area contributed by atoms with E-state index in [2.05, 4.69) is 0 Å². The van der Waals surface area contributed by atoms with Crippen LogP contribution in [0.4, 0.5) is 0 Å². The average molecular weight is 320 g/mol. The van der Waals surface area contributed by atoms with Gasteiger partial charge in [-0.2, -0.15) is 0 Å². The van der Waals surface area contributed by atoms with E-state index in [1.54, 1.807) is 17.0 Å². The number of nitrogens with zero attached hydrogens (tertiary/aromatic N) is 1. The number of hydrogen-bond donors (Lipinski definition) is 2. The highest BCUT2D eigenvalue weighted by molar-refractivity contribution is 7.91. The van der Waals surface area contributed by atoms with Gasteiger partial charge in [-0.15, -0.1) is 0 Å². The fraction of sp³-hybridized carbons (Fsp3) is 0.538. The van der Waals surface area contributed by atoms with Gasteiger partial charge in [-0.3, -0.25) is 4.90 Å². The van der Waals surface area contributed by atoms with Crippen LogP contribution in [0.5, 0.6) is 0 Å². The Bertz CT molecular complexity index is 563. The van der Waals surface area contributed by atoms with E-state index in [1.807, 2.05) is 12.1 Å². The van der Waals surface area contributed by atoms with Crippen LogP contribution in [-0.2, 0) is 16.4 Å². The molecule has 112 valence electrons.